The van der Waals surface area contributed by atoms with Crippen molar-refractivity contribution >= 4 is 11.6 Å². The van der Waals surface area contributed by atoms with Crippen molar-refractivity contribution in [2.75, 3.05) is 0 Å². The van der Waals surface area contributed by atoms with Gasteiger partial charge in [-0.2, -0.15) is 5.10 Å². The Labute approximate surface area is 160 Å². The predicted octanol–water partition coefficient (Wildman–Crippen LogP) is 4.47. The maximum absolute atomic E-state index is 14.2. The molecule has 0 atom stereocenters. The fraction of sp³-hybridized carbons (Fsp3) is 0. The minimum absolute atomic E-state index is 0.0108. The van der Waals surface area contributed by atoms with Crippen LogP contribution in [0.15, 0.2) is 91.1 Å². The summed E-state index contributed by atoms with van der Waals surface area (Å²) in [6.45, 7) is 0. The highest BCUT2D eigenvalue weighted by atomic mass is 19.1. The first-order chi connectivity index (χ1) is 13.6. The Morgan fingerprint density at radius 2 is 1.25 bits per heavy atom. The molecule has 0 spiro atoms. The van der Waals surface area contributed by atoms with Gasteiger partial charge < -0.3 is 0 Å². The summed E-state index contributed by atoms with van der Waals surface area (Å²) in [4.78, 5) is 26.0. The van der Waals surface area contributed by atoms with Crippen LogP contribution in [0.25, 0.3) is 5.69 Å². The number of aromatic nitrogens is 2. The smallest absolute Gasteiger partial charge is 0.214 e. The van der Waals surface area contributed by atoms with Crippen molar-refractivity contribution < 1.29 is 14.0 Å². The maximum Gasteiger partial charge on any atom is 0.214 e. The summed E-state index contributed by atoms with van der Waals surface area (Å²) >= 11 is 0. The summed E-state index contributed by atoms with van der Waals surface area (Å²) in [5.74, 6) is -1.24. The van der Waals surface area contributed by atoms with Crippen LogP contribution in [0.5, 0.6) is 0 Å². The molecular weight excluding hydrogens is 355 g/mol. The topological polar surface area (TPSA) is 52.0 Å². The van der Waals surface area contributed by atoms with Gasteiger partial charge in [-0.05, 0) is 12.1 Å². The van der Waals surface area contributed by atoms with Crippen molar-refractivity contribution in [2.24, 2.45) is 0 Å². The molecule has 0 fully saturated rings. The molecule has 136 valence electrons. The third kappa shape index (κ3) is 3.25. The van der Waals surface area contributed by atoms with Crippen molar-refractivity contribution in [3.63, 3.8) is 0 Å². The van der Waals surface area contributed by atoms with Crippen LogP contribution in [0.1, 0.15) is 32.0 Å². The van der Waals surface area contributed by atoms with E-state index in [4.69, 9.17) is 0 Å². The SMILES string of the molecule is O=C(c1ccccc1)c1cn(-c2ccccc2F)nc1C(=O)c1ccccc1. The molecule has 5 heteroatoms. The van der Waals surface area contributed by atoms with E-state index in [0.717, 1.165) is 0 Å². The minimum Gasteiger partial charge on any atom is -0.288 e. The quantitative estimate of drug-likeness (QED) is 0.487. The molecule has 0 bridgehead atoms. The van der Waals surface area contributed by atoms with E-state index in [2.05, 4.69) is 5.10 Å². The summed E-state index contributed by atoms with van der Waals surface area (Å²) in [5, 5.41) is 4.27. The Bertz CT molecular complexity index is 1080. The first-order valence-corrected chi connectivity index (χ1v) is 8.69. The highest BCUT2D eigenvalue weighted by molar-refractivity contribution is 6.18. The van der Waals surface area contributed by atoms with Gasteiger partial charge in [-0.1, -0.05) is 72.8 Å². The highest BCUT2D eigenvalue weighted by Gasteiger charge is 2.25. The van der Waals surface area contributed by atoms with Gasteiger partial charge in [-0.25, -0.2) is 9.07 Å². The van der Waals surface area contributed by atoms with Crippen LogP contribution in [0.2, 0.25) is 0 Å². The summed E-state index contributed by atoms with van der Waals surface area (Å²) in [6.07, 6.45) is 1.41. The van der Waals surface area contributed by atoms with E-state index < -0.39 is 11.6 Å². The Hall–Kier alpha value is -3.86. The van der Waals surface area contributed by atoms with Gasteiger partial charge in [0.05, 0.1) is 5.56 Å². The third-order valence-corrected chi connectivity index (χ3v) is 4.35. The average Bonchev–Trinajstić information content (AvgIpc) is 3.19. The Morgan fingerprint density at radius 3 is 1.86 bits per heavy atom. The van der Waals surface area contributed by atoms with Gasteiger partial charge in [0.2, 0.25) is 5.78 Å². The Kier molecular flexibility index (Phi) is 4.64. The largest absolute Gasteiger partial charge is 0.288 e. The fourth-order valence-corrected chi connectivity index (χ4v) is 2.94. The van der Waals surface area contributed by atoms with Gasteiger partial charge in [0.15, 0.2) is 5.78 Å². The van der Waals surface area contributed by atoms with Crippen molar-refractivity contribution in [2.45, 2.75) is 0 Å². The van der Waals surface area contributed by atoms with Gasteiger partial charge >= 0.3 is 0 Å². The number of para-hydroxylation sites is 1. The van der Waals surface area contributed by atoms with Crippen LogP contribution in [-0.4, -0.2) is 21.3 Å². The molecule has 1 heterocycles. The normalized spacial score (nSPS) is 10.6. The van der Waals surface area contributed by atoms with Gasteiger partial charge in [0.1, 0.15) is 17.2 Å². The summed E-state index contributed by atoms with van der Waals surface area (Å²) < 4.78 is 15.5. The molecule has 0 unspecified atom stereocenters. The van der Waals surface area contributed by atoms with Gasteiger partial charge in [0.25, 0.3) is 0 Å². The van der Waals surface area contributed by atoms with E-state index in [1.165, 1.54) is 23.0 Å². The maximum atomic E-state index is 14.2. The second kappa shape index (κ2) is 7.40. The lowest BCUT2D eigenvalue weighted by Gasteiger charge is -2.02. The van der Waals surface area contributed by atoms with E-state index in [-0.39, 0.29) is 22.7 Å². The van der Waals surface area contributed by atoms with E-state index in [1.54, 1.807) is 72.8 Å². The molecule has 0 aliphatic rings. The van der Waals surface area contributed by atoms with Crippen LogP contribution in [-0.2, 0) is 0 Å². The van der Waals surface area contributed by atoms with Gasteiger partial charge in [0, 0.05) is 17.3 Å². The zero-order valence-corrected chi connectivity index (χ0v) is 14.7. The van der Waals surface area contributed by atoms with Crippen LogP contribution in [0.4, 0.5) is 4.39 Å². The predicted molar refractivity (Wildman–Crippen MR) is 103 cm³/mol. The number of carbonyl (C=O) groups excluding carboxylic acids is 2. The van der Waals surface area contributed by atoms with Crippen LogP contribution in [0.3, 0.4) is 0 Å². The minimum atomic E-state index is -0.498. The first kappa shape index (κ1) is 17.5. The number of ketones is 2. The number of hydrogen-bond donors (Lipinski definition) is 0. The molecule has 3 aromatic carbocycles. The number of hydrogen-bond acceptors (Lipinski definition) is 3. The molecule has 4 aromatic rings. The number of rotatable bonds is 5. The van der Waals surface area contributed by atoms with Crippen molar-refractivity contribution in [1.82, 2.24) is 9.78 Å². The monoisotopic (exact) mass is 370 g/mol. The van der Waals surface area contributed by atoms with Crippen molar-refractivity contribution in [3.8, 4) is 5.69 Å². The zero-order valence-electron chi connectivity index (χ0n) is 14.7. The molecule has 4 nitrogen and oxygen atoms in total. The lowest BCUT2D eigenvalue weighted by molar-refractivity contribution is 0.100. The second-order valence-corrected chi connectivity index (χ2v) is 6.18. The average molecular weight is 370 g/mol. The lowest BCUT2D eigenvalue weighted by Crippen LogP contribution is -2.10. The van der Waals surface area contributed by atoms with Crippen LogP contribution >= 0.6 is 0 Å². The van der Waals surface area contributed by atoms with Crippen molar-refractivity contribution in [1.29, 1.82) is 0 Å². The van der Waals surface area contributed by atoms with E-state index in [1.807, 2.05) is 0 Å². The molecule has 0 radical (unpaired) electrons. The standard InChI is InChI=1S/C23H15FN2O2/c24-19-13-7-8-14-20(19)26-15-18(22(27)16-9-3-1-4-10-16)21(25-26)23(28)17-11-5-2-6-12-17/h1-15H. The fourth-order valence-electron chi connectivity index (χ4n) is 2.94. The molecule has 1 aromatic heterocycles. The summed E-state index contributed by atoms with van der Waals surface area (Å²) in [5.41, 5.74) is 1.12. The Balaban J connectivity index is 1.87. The molecular formula is C23H15FN2O2. The molecule has 0 aliphatic heterocycles. The number of halogens is 1. The molecule has 0 saturated heterocycles. The Morgan fingerprint density at radius 1 is 0.714 bits per heavy atom. The summed E-state index contributed by atoms with van der Waals surface area (Å²) in [7, 11) is 0. The van der Waals surface area contributed by atoms with Crippen LogP contribution < -0.4 is 0 Å². The molecule has 0 saturated carbocycles. The second-order valence-electron chi connectivity index (χ2n) is 6.18. The number of carbonyl (C=O) groups is 2. The lowest BCUT2D eigenvalue weighted by atomic mass is 9.99. The van der Waals surface area contributed by atoms with Gasteiger partial charge in [-0.3, -0.25) is 9.59 Å². The van der Waals surface area contributed by atoms with Crippen LogP contribution in [0, 0.1) is 5.82 Å². The molecule has 0 N–H and O–H groups in total. The third-order valence-electron chi connectivity index (χ3n) is 4.35. The van der Waals surface area contributed by atoms with E-state index in [9.17, 15) is 14.0 Å². The van der Waals surface area contributed by atoms with Crippen molar-refractivity contribution in [3.05, 3.63) is 119 Å². The number of benzene rings is 3. The first-order valence-electron chi connectivity index (χ1n) is 8.69. The highest BCUT2D eigenvalue weighted by Crippen LogP contribution is 2.21. The molecule has 28 heavy (non-hydrogen) atoms. The van der Waals surface area contributed by atoms with E-state index in [0.29, 0.717) is 11.1 Å². The van der Waals surface area contributed by atoms with E-state index >= 15 is 0 Å². The summed E-state index contributed by atoms with van der Waals surface area (Å²) in [6, 6.07) is 23.3. The number of nitrogens with zero attached hydrogens (tertiary/aromatic N) is 2. The molecule has 0 aliphatic carbocycles. The molecule has 0 amide bonds. The zero-order chi connectivity index (χ0) is 19.5. The van der Waals surface area contributed by atoms with Gasteiger partial charge in [-0.15, -0.1) is 0 Å². The molecule has 4 rings (SSSR count).